The predicted molar refractivity (Wildman–Crippen MR) is 100 cm³/mol. The molecule has 4 aromatic rings. The minimum Gasteiger partial charge on any atom is -0.496 e. The Morgan fingerprint density at radius 2 is 1.93 bits per heavy atom. The summed E-state index contributed by atoms with van der Waals surface area (Å²) in [6, 6.07) is 15.3. The van der Waals surface area contributed by atoms with Crippen LogP contribution in [0.25, 0.3) is 16.8 Å². The van der Waals surface area contributed by atoms with Crippen LogP contribution in [0.4, 0.5) is 4.39 Å². The summed E-state index contributed by atoms with van der Waals surface area (Å²) in [7, 11) is 1.57. The van der Waals surface area contributed by atoms with Crippen molar-refractivity contribution in [2.45, 2.75) is 6.54 Å². The maximum absolute atomic E-state index is 13.8. The van der Waals surface area contributed by atoms with Crippen LogP contribution in [0.3, 0.4) is 0 Å². The van der Waals surface area contributed by atoms with Gasteiger partial charge in [0.15, 0.2) is 5.65 Å². The minimum atomic E-state index is -0.435. The smallest absolute Gasteiger partial charge is 0.272 e. The van der Waals surface area contributed by atoms with E-state index >= 15 is 0 Å². The second kappa shape index (κ2) is 7.43. The Labute approximate surface area is 159 Å². The standard InChI is InChI=1S/C20H16FN5O2/c1-28-18-9-5-3-7-14(18)15-10-17(25-26-12-23-24-19(15)26)20(27)22-11-13-6-2-4-8-16(13)21/h2-10,12H,11H2,1H3,(H,22,27). The van der Waals surface area contributed by atoms with Crippen LogP contribution in [0.1, 0.15) is 16.1 Å². The number of nitrogens with one attached hydrogen (secondary N) is 1. The van der Waals surface area contributed by atoms with Crippen LogP contribution in [-0.4, -0.2) is 32.8 Å². The summed E-state index contributed by atoms with van der Waals surface area (Å²) in [4.78, 5) is 12.7. The molecule has 4 rings (SSSR count). The third-order valence-electron chi connectivity index (χ3n) is 4.29. The van der Waals surface area contributed by atoms with Crippen LogP contribution < -0.4 is 10.1 Å². The van der Waals surface area contributed by atoms with Gasteiger partial charge in [-0.25, -0.2) is 4.39 Å². The fraction of sp³-hybridized carbons (Fsp3) is 0.100. The molecule has 2 aromatic heterocycles. The lowest BCUT2D eigenvalue weighted by Gasteiger charge is -2.11. The highest BCUT2D eigenvalue weighted by atomic mass is 19.1. The quantitative estimate of drug-likeness (QED) is 0.578. The van der Waals surface area contributed by atoms with E-state index in [1.165, 1.54) is 16.9 Å². The summed E-state index contributed by atoms with van der Waals surface area (Å²) in [6.45, 7) is 0.0530. The van der Waals surface area contributed by atoms with Crippen LogP contribution in [0.5, 0.6) is 5.75 Å². The van der Waals surface area contributed by atoms with Gasteiger partial charge in [0.05, 0.1) is 7.11 Å². The molecule has 2 heterocycles. The Kier molecular flexibility index (Phi) is 4.67. The molecule has 1 amide bonds. The van der Waals surface area contributed by atoms with Crippen LogP contribution >= 0.6 is 0 Å². The molecule has 1 N–H and O–H groups in total. The van der Waals surface area contributed by atoms with Gasteiger partial charge in [0.1, 0.15) is 23.6 Å². The van der Waals surface area contributed by atoms with Crippen molar-refractivity contribution in [3.8, 4) is 16.9 Å². The number of para-hydroxylation sites is 1. The molecule has 0 aliphatic rings. The molecular weight excluding hydrogens is 361 g/mol. The highest BCUT2D eigenvalue weighted by molar-refractivity contribution is 5.95. The van der Waals surface area contributed by atoms with E-state index in [2.05, 4.69) is 20.6 Å². The molecule has 0 radical (unpaired) electrons. The molecule has 0 saturated carbocycles. The molecule has 7 nitrogen and oxygen atoms in total. The fourth-order valence-corrected chi connectivity index (χ4v) is 2.91. The van der Waals surface area contributed by atoms with Gasteiger partial charge in [-0.15, -0.1) is 10.2 Å². The van der Waals surface area contributed by atoms with Gasteiger partial charge in [-0.2, -0.15) is 9.61 Å². The maximum Gasteiger partial charge on any atom is 0.272 e. The van der Waals surface area contributed by atoms with Gasteiger partial charge in [-0.1, -0.05) is 36.4 Å². The normalized spacial score (nSPS) is 10.8. The van der Waals surface area contributed by atoms with Crippen molar-refractivity contribution in [1.29, 1.82) is 0 Å². The van der Waals surface area contributed by atoms with Gasteiger partial charge < -0.3 is 10.1 Å². The van der Waals surface area contributed by atoms with E-state index in [1.807, 2.05) is 24.3 Å². The average Bonchev–Trinajstić information content (AvgIpc) is 3.21. The number of hydrogen-bond acceptors (Lipinski definition) is 5. The summed E-state index contributed by atoms with van der Waals surface area (Å²) in [6.07, 6.45) is 1.42. The van der Waals surface area contributed by atoms with Gasteiger partial charge in [0, 0.05) is 23.2 Å². The number of benzene rings is 2. The zero-order valence-electron chi connectivity index (χ0n) is 15.0. The number of methoxy groups -OCH3 is 1. The molecule has 0 aliphatic carbocycles. The lowest BCUT2D eigenvalue weighted by molar-refractivity contribution is 0.0944. The van der Waals surface area contributed by atoms with Gasteiger partial charge in [0.25, 0.3) is 5.91 Å². The molecule has 2 aromatic carbocycles. The number of ether oxygens (including phenoxy) is 1. The highest BCUT2D eigenvalue weighted by Crippen LogP contribution is 2.32. The van der Waals surface area contributed by atoms with E-state index < -0.39 is 5.91 Å². The molecule has 0 unspecified atom stereocenters. The summed E-state index contributed by atoms with van der Waals surface area (Å²) in [5.74, 6) is -0.175. The van der Waals surface area contributed by atoms with Crippen molar-refractivity contribution in [3.63, 3.8) is 0 Å². The Balaban J connectivity index is 1.70. The van der Waals surface area contributed by atoms with E-state index in [0.717, 1.165) is 5.56 Å². The molecule has 140 valence electrons. The number of hydrogen-bond donors (Lipinski definition) is 1. The van der Waals surface area contributed by atoms with E-state index in [0.29, 0.717) is 22.5 Å². The first-order valence-corrected chi connectivity index (χ1v) is 8.53. The number of carbonyl (C=O) groups excluding carboxylic acids is 1. The monoisotopic (exact) mass is 377 g/mol. The van der Waals surface area contributed by atoms with Crippen LogP contribution in [0, 0.1) is 5.82 Å². The van der Waals surface area contributed by atoms with Gasteiger partial charge in [0.2, 0.25) is 0 Å². The summed E-state index contributed by atoms with van der Waals surface area (Å²) in [5.41, 5.74) is 2.46. The topological polar surface area (TPSA) is 81.4 Å². The Hall–Kier alpha value is -3.81. The van der Waals surface area contributed by atoms with Gasteiger partial charge in [-0.05, 0) is 18.2 Å². The molecule has 0 fully saturated rings. The molecule has 0 aliphatic heterocycles. The lowest BCUT2D eigenvalue weighted by atomic mass is 10.1. The number of aromatic nitrogens is 4. The minimum absolute atomic E-state index is 0.0530. The molecular formula is C20H16FN5O2. The highest BCUT2D eigenvalue weighted by Gasteiger charge is 2.17. The average molecular weight is 377 g/mol. The number of halogens is 1. The van der Waals surface area contributed by atoms with Crippen molar-refractivity contribution in [2.75, 3.05) is 7.11 Å². The zero-order chi connectivity index (χ0) is 19.5. The molecule has 0 atom stereocenters. The number of carbonyl (C=O) groups is 1. The Bertz CT molecular complexity index is 1160. The SMILES string of the molecule is COc1ccccc1-c1cc(C(=O)NCc2ccccc2F)nn2cnnc12. The second-order valence-electron chi connectivity index (χ2n) is 6.02. The Morgan fingerprint density at radius 3 is 2.75 bits per heavy atom. The van der Waals surface area contributed by atoms with Gasteiger partial charge >= 0.3 is 0 Å². The zero-order valence-corrected chi connectivity index (χ0v) is 15.0. The predicted octanol–water partition coefficient (Wildman–Crippen LogP) is 2.87. The first-order valence-electron chi connectivity index (χ1n) is 8.53. The van der Waals surface area contributed by atoms with Crippen molar-refractivity contribution in [3.05, 3.63) is 78.0 Å². The summed E-state index contributed by atoms with van der Waals surface area (Å²) < 4.78 is 20.6. The maximum atomic E-state index is 13.8. The van der Waals surface area contributed by atoms with Crippen molar-refractivity contribution in [2.24, 2.45) is 0 Å². The number of nitrogens with zero attached hydrogens (tertiary/aromatic N) is 4. The molecule has 0 spiro atoms. The fourth-order valence-electron chi connectivity index (χ4n) is 2.91. The van der Waals surface area contributed by atoms with Crippen molar-refractivity contribution in [1.82, 2.24) is 25.1 Å². The summed E-state index contributed by atoms with van der Waals surface area (Å²) in [5, 5.41) is 14.9. The largest absolute Gasteiger partial charge is 0.496 e. The summed E-state index contributed by atoms with van der Waals surface area (Å²) >= 11 is 0. The van der Waals surface area contributed by atoms with Crippen LogP contribution in [0.2, 0.25) is 0 Å². The molecule has 0 bridgehead atoms. The number of amides is 1. The molecule has 8 heteroatoms. The molecule has 0 saturated heterocycles. The second-order valence-corrected chi connectivity index (χ2v) is 6.02. The van der Waals surface area contributed by atoms with Crippen LogP contribution in [-0.2, 0) is 6.54 Å². The van der Waals surface area contributed by atoms with Crippen molar-refractivity contribution >= 4 is 11.6 Å². The van der Waals surface area contributed by atoms with E-state index in [-0.39, 0.29) is 18.1 Å². The Morgan fingerprint density at radius 1 is 1.14 bits per heavy atom. The van der Waals surface area contributed by atoms with Gasteiger partial charge in [-0.3, -0.25) is 4.79 Å². The van der Waals surface area contributed by atoms with E-state index in [4.69, 9.17) is 4.74 Å². The lowest BCUT2D eigenvalue weighted by Crippen LogP contribution is -2.25. The van der Waals surface area contributed by atoms with Crippen LogP contribution in [0.15, 0.2) is 60.9 Å². The third kappa shape index (κ3) is 3.27. The first kappa shape index (κ1) is 17.6. The molecule has 28 heavy (non-hydrogen) atoms. The van der Waals surface area contributed by atoms with E-state index in [9.17, 15) is 9.18 Å². The number of fused-ring (bicyclic) bond motifs is 1. The first-order chi connectivity index (χ1) is 13.7. The van der Waals surface area contributed by atoms with E-state index in [1.54, 1.807) is 31.4 Å². The van der Waals surface area contributed by atoms with Crippen molar-refractivity contribution < 1.29 is 13.9 Å². The number of rotatable bonds is 5. The third-order valence-corrected chi connectivity index (χ3v) is 4.29.